The molecule has 192 valence electrons. The Kier molecular flexibility index (Phi) is 8.03. The van der Waals surface area contributed by atoms with Crippen LogP contribution in [0.25, 0.3) is 0 Å². The van der Waals surface area contributed by atoms with Crippen molar-refractivity contribution in [3.63, 3.8) is 0 Å². The van der Waals surface area contributed by atoms with E-state index in [1.165, 1.54) is 4.68 Å². The van der Waals surface area contributed by atoms with Crippen LogP contribution >= 0.6 is 0 Å². The molecule has 1 aliphatic rings. The van der Waals surface area contributed by atoms with E-state index in [-0.39, 0.29) is 35.2 Å². The van der Waals surface area contributed by atoms with Gasteiger partial charge in [-0.3, -0.25) is 14.3 Å². The van der Waals surface area contributed by atoms with E-state index in [2.05, 4.69) is 25.8 Å². The lowest BCUT2D eigenvalue weighted by atomic mass is 9.86. The minimum absolute atomic E-state index is 0.0287. The van der Waals surface area contributed by atoms with Gasteiger partial charge >= 0.3 is 0 Å². The second kappa shape index (κ2) is 10.5. The first-order valence-electron chi connectivity index (χ1n) is 11.8. The molecule has 11 heteroatoms. The standard InChI is InChI=1S/C24H36N6O4S/c1-17-6-8-18(9-7-17)35(33,34)27-15-14-26-22(32)24(10-12-25-13-11-24)28-21(31)19-16-20(23(2,3)4)29-30(19)5/h6-9,16,25,27H,10-15H2,1-5H3,(H,26,32)(H,28,31). The summed E-state index contributed by atoms with van der Waals surface area (Å²) in [6.45, 7) is 9.21. The van der Waals surface area contributed by atoms with E-state index in [1.807, 2.05) is 27.7 Å². The zero-order valence-corrected chi connectivity index (χ0v) is 21.9. The lowest BCUT2D eigenvalue weighted by Crippen LogP contribution is -2.63. The highest BCUT2D eigenvalue weighted by molar-refractivity contribution is 7.89. The van der Waals surface area contributed by atoms with Crippen molar-refractivity contribution in [3.05, 3.63) is 47.3 Å². The number of amides is 2. The van der Waals surface area contributed by atoms with Crippen LogP contribution < -0.4 is 20.7 Å². The molecule has 0 spiro atoms. The molecule has 0 aliphatic carbocycles. The highest BCUT2D eigenvalue weighted by atomic mass is 32.2. The van der Waals surface area contributed by atoms with Gasteiger partial charge in [-0.15, -0.1) is 0 Å². The van der Waals surface area contributed by atoms with E-state index >= 15 is 0 Å². The third-order valence-corrected chi connectivity index (χ3v) is 7.64. The maximum atomic E-state index is 13.2. The molecule has 1 fully saturated rings. The monoisotopic (exact) mass is 504 g/mol. The normalized spacial score (nSPS) is 16.0. The quantitative estimate of drug-likeness (QED) is 0.396. The van der Waals surface area contributed by atoms with Gasteiger partial charge in [0.25, 0.3) is 5.91 Å². The van der Waals surface area contributed by atoms with Gasteiger partial charge in [-0.1, -0.05) is 38.5 Å². The summed E-state index contributed by atoms with van der Waals surface area (Å²) in [6, 6.07) is 8.29. The Labute approximate surface area is 207 Å². The number of carbonyl (C=O) groups is 2. The van der Waals surface area contributed by atoms with Gasteiger partial charge in [-0.25, -0.2) is 13.1 Å². The average Bonchev–Trinajstić information content (AvgIpc) is 3.20. The van der Waals surface area contributed by atoms with Gasteiger partial charge in [0, 0.05) is 25.6 Å². The summed E-state index contributed by atoms with van der Waals surface area (Å²) < 4.78 is 29.0. The fourth-order valence-corrected chi connectivity index (χ4v) is 4.95. The van der Waals surface area contributed by atoms with Crippen LogP contribution in [0.5, 0.6) is 0 Å². The van der Waals surface area contributed by atoms with E-state index in [9.17, 15) is 18.0 Å². The molecule has 35 heavy (non-hydrogen) atoms. The largest absolute Gasteiger partial charge is 0.353 e. The highest BCUT2D eigenvalue weighted by Gasteiger charge is 2.41. The van der Waals surface area contributed by atoms with E-state index < -0.39 is 15.6 Å². The maximum absolute atomic E-state index is 13.2. The Bertz CT molecular complexity index is 1160. The maximum Gasteiger partial charge on any atom is 0.270 e. The number of benzene rings is 1. The molecule has 1 saturated heterocycles. The number of aromatic nitrogens is 2. The molecule has 2 heterocycles. The molecular weight excluding hydrogens is 468 g/mol. The van der Waals surface area contributed by atoms with Gasteiger partial charge in [0.15, 0.2) is 0 Å². The minimum atomic E-state index is -3.68. The highest BCUT2D eigenvalue weighted by Crippen LogP contribution is 2.23. The molecule has 1 aromatic heterocycles. The van der Waals surface area contributed by atoms with Gasteiger partial charge < -0.3 is 16.0 Å². The summed E-state index contributed by atoms with van der Waals surface area (Å²) >= 11 is 0. The van der Waals surface area contributed by atoms with Crippen molar-refractivity contribution >= 4 is 21.8 Å². The summed E-state index contributed by atoms with van der Waals surface area (Å²) in [5, 5.41) is 13.4. The zero-order chi connectivity index (χ0) is 25.9. The fraction of sp³-hybridized carbons (Fsp3) is 0.542. The summed E-state index contributed by atoms with van der Waals surface area (Å²) in [5.41, 5.74) is 0.823. The summed E-state index contributed by atoms with van der Waals surface area (Å²) in [4.78, 5) is 26.5. The molecule has 4 N–H and O–H groups in total. The van der Waals surface area contributed by atoms with Gasteiger partial charge in [-0.2, -0.15) is 5.10 Å². The molecule has 3 rings (SSSR count). The predicted octanol–water partition coefficient (Wildman–Crippen LogP) is 0.973. The molecule has 1 aromatic carbocycles. The number of hydrogen-bond donors (Lipinski definition) is 4. The smallest absolute Gasteiger partial charge is 0.270 e. The topological polar surface area (TPSA) is 134 Å². The van der Waals surface area contributed by atoms with Gasteiger partial charge in [0.05, 0.1) is 10.6 Å². The van der Waals surface area contributed by atoms with Crippen LogP contribution in [0.3, 0.4) is 0 Å². The Morgan fingerprint density at radius 3 is 2.31 bits per heavy atom. The van der Waals surface area contributed by atoms with Crippen molar-refractivity contribution in [2.45, 2.75) is 56.4 Å². The molecule has 10 nitrogen and oxygen atoms in total. The number of sulfonamides is 1. The summed E-state index contributed by atoms with van der Waals surface area (Å²) in [5.74, 6) is -0.701. The van der Waals surface area contributed by atoms with E-state index in [0.29, 0.717) is 31.6 Å². The van der Waals surface area contributed by atoms with Crippen molar-refractivity contribution < 1.29 is 18.0 Å². The molecule has 0 bridgehead atoms. The average molecular weight is 505 g/mol. The van der Waals surface area contributed by atoms with Crippen LogP contribution in [0.4, 0.5) is 0 Å². The van der Waals surface area contributed by atoms with Gasteiger partial charge in [-0.05, 0) is 51.1 Å². The van der Waals surface area contributed by atoms with Gasteiger partial charge in [0.1, 0.15) is 11.2 Å². The lowest BCUT2D eigenvalue weighted by molar-refractivity contribution is -0.128. The van der Waals surface area contributed by atoms with Crippen LogP contribution in [0, 0.1) is 6.92 Å². The molecule has 0 radical (unpaired) electrons. The first-order chi connectivity index (χ1) is 16.3. The Morgan fingerprint density at radius 2 is 1.74 bits per heavy atom. The molecule has 1 aliphatic heterocycles. The minimum Gasteiger partial charge on any atom is -0.353 e. The van der Waals surface area contributed by atoms with Crippen LogP contribution in [-0.2, 0) is 27.3 Å². The molecular formula is C24H36N6O4S. The zero-order valence-electron chi connectivity index (χ0n) is 21.1. The van der Waals surface area contributed by atoms with Crippen LogP contribution in [-0.4, -0.2) is 61.7 Å². The predicted molar refractivity (Wildman–Crippen MR) is 134 cm³/mol. The molecule has 2 amide bonds. The Morgan fingerprint density at radius 1 is 1.11 bits per heavy atom. The van der Waals surface area contributed by atoms with E-state index in [1.54, 1.807) is 37.4 Å². The van der Waals surface area contributed by atoms with Crippen molar-refractivity contribution in [2.24, 2.45) is 7.05 Å². The van der Waals surface area contributed by atoms with Crippen LogP contribution in [0.2, 0.25) is 0 Å². The van der Waals surface area contributed by atoms with Crippen LogP contribution in [0.1, 0.15) is 55.4 Å². The van der Waals surface area contributed by atoms with Crippen molar-refractivity contribution in [1.29, 1.82) is 0 Å². The van der Waals surface area contributed by atoms with E-state index in [4.69, 9.17) is 0 Å². The Hall–Kier alpha value is -2.76. The Balaban J connectivity index is 1.64. The van der Waals surface area contributed by atoms with Crippen LogP contribution in [0.15, 0.2) is 35.2 Å². The molecule has 2 aromatic rings. The SMILES string of the molecule is Cc1ccc(S(=O)(=O)NCCNC(=O)C2(NC(=O)c3cc(C(C)(C)C)nn3C)CCNCC2)cc1. The third kappa shape index (κ3) is 6.47. The number of rotatable bonds is 8. The number of nitrogens with one attached hydrogen (secondary N) is 4. The number of piperidine rings is 1. The third-order valence-electron chi connectivity index (χ3n) is 6.16. The van der Waals surface area contributed by atoms with Gasteiger partial charge in [0.2, 0.25) is 15.9 Å². The fourth-order valence-electron chi connectivity index (χ4n) is 3.92. The molecule has 0 unspecified atom stereocenters. The second-order valence-electron chi connectivity index (χ2n) is 10.0. The van der Waals surface area contributed by atoms with Crippen molar-refractivity contribution in [2.75, 3.05) is 26.2 Å². The number of aryl methyl sites for hydroxylation is 2. The molecule has 0 atom stereocenters. The van der Waals surface area contributed by atoms with Crippen molar-refractivity contribution in [3.8, 4) is 0 Å². The second-order valence-corrected chi connectivity index (χ2v) is 11.8. The first-order valence-corrected chi connectivity index (χ1v) is 13.2. The number of hydrogen-bond acceptors (Lipinski definition) is 6. The van der Waals surface area contributed by atoms with Crippen molar-refractivity contribution in [1.82, 2.24) is 30.5 Å². The number of nitrogens with zero attached hydrogens (tertiary/aromatic N) is 2. The number of carbonyl (C=O) groups excluding carboxylic acids is 2. The summed E-state index contributed by atoms with van der Waals surface area (Å²) in [6.07, 6.45) is 0.841. The lowest BCUT2D eigenvalue weighted by Gasteiger charge is -2.37. The first kappa shape index (κ1) is 26.8. The molecule has 0 saturated carbocycles. The summed E-state index contributed by atoms with van der Waals surface area (Å²) in [7, 11) is -1.97. The van der Waals surface area contributed by atoms with E-state index in [0.717, 1.165) is 11.3 Å².